The number of methoxy groups -OCH3 is 2. The molecule has 40 heavy (non-hydrogen) atoms. The Bertz CT molecular complexity index is 1300. The molecule has 1 aromatic heterocycles. The molecule has 0 radical (unpaired) electrons. The van der Waals surface area contributed by atoms with Gasteiger partial charge in [-0.3, -0.25) is 9.59 Å². The number of amides is 2. The van der Waals surface area contributed by atoms with E-state index in [4.69, 9.17) is 21.1 Å². The van der Waals surface area contributed by atoms with Gasteiger partial charge in [0.1, 0.15) is 6.54 Å². The van der Waals surface area contributed by atoms with Gasteiger partial charge in [-0.25, -0.2) is 0 Å². The molecule has 2 amide bonds. The highest BCUT2D eigenvalue weighted by molar-refractivity contribution is 6.30. The monoisotopic (exact) mass is 565 g/mol. The third-order valence-corrected chi connectivity index (χ3v) is 7.04. The molecule has 0 spiro atoms. The zero-order valence-corrected chi connectivity index (χ0v) is 24.2. The molecule has 0 atom stereocenters. The van der Waals surface area contributed by atoms with Gasteiger partial charge in [-0.1, -0.05) is 25.4 Å². The third kappa shape index (κ3) is 7.21. The molecule has 2 heterocycles. The molecule has 1 saturated heterocycles. The van der Waals surface area contributed by atoms with Crippen LogP contribution in [0.2, 0.25) is 5.02 Å². The van der Waals surface area contributed by atoms with Gasteiger partial charge < -0.3 is 24.2 Å². The van der Waals surface area contributed by atoms with Gasteiger partial charge in [0.25, 0.3) is 5.91 Å². The lowest BCUT2D eigenvalue weighted by Crippen LogP contribution is -2.45. The third-order valence-electron chi connectivity index (χ3n) is 6.79. The average Bonchev–Trinajstić information content (AvgIpc) is 3.23. The minimum atomic E-state index is -0.167. The van der Waals surface area contributed by atoms with E-state index in [0.29, 0.717) is 48.3 Å². The van der Waals surface area contributed by atoms with Crippen LogP contribution in [0.4, 0.5) is 5.82 Å². The Morgan fingerprint density at radius 2 is 1.68 bits per heavy atom. The molecule has 1 aliphatic heterocycles. The summed E-state index contributed by atoms with van der Waals surface area (Å²) in [6.45, 7) is 7.16. The summed E-state index contributed by atoms with van der Waals surface area (Å²) in [6.07, 6.45) is 0.792. The molecule has 0 saturated carbocycles. The van der Waals surface area contributed by atoms with Gasteiger partial charge in [0.2, 0.25) is 5.91 Å². The molecule has 0 aliphatic carbocycles. The number of ether oxygens (including phenoxy) is 2. The zero-order chi connectivity index (χ0) is 28.6. The zero-order valence-electron chi connectivity index (χ0n) is 23.5. The van der Waals surface area contributed by atoms with Crippen LogP contribution >= 0.6 is 11.6 Å². The predicted octanol–water partition coefficient (Wildman–Crippen LogP) is 4.65. The number of aromatic nitrogens is 2. The first-order chi connectivity index (χ1) is 19.3. The van der Waals surface area contributed by atoms with Crippen molar-refractivity contribution in [1.29, 1.82) is 0 Å². The smallest absolute Gasteiger partial charge is 0.254 e. The summed E-state index contributed by atoms with van der Waals surface area (Å²) in [7, 11) is 3.20. The predicted molar refractivity (Wildman–Crippen MR) is 156 cm³/mol. The maximum absolute atomic E-state index is 13.3. The van der Waals surface area contributed by atoms with Crippen molar-refractivity contribution in [2.45, 2.75) is 20.3 Å². The van der Waals surface area contributed by atoms with E-state index in [9.17, 15) is 9.59 Å². The van der Waals surface area contributed by atoms with Crippen LogP contribution in [0.25, 0.3) is 11.3 Å². The van der Waals surface area contributed by atoms with Crippen LogP contribution in [-0.4, -0.2) is 85.3 Å². The van der Waals surface area contributed by atoms with Gasteiger partial charge in [0.05, 0.1) is 19.9 Å². The standard InChI is InChI=1S/C30H36ClN5O4/c1-21(2)19-36(30(38)22-6-9-24(31)10-7-22)20-29(37)35-15-5-14-34(16-17-35)28-13-11-25(32-33-28)23-8-12-26(39-3)27(18-23)40-4/h6-13,18,21H,5,14-17,19-20H2,1-4H3. The van der Waals surface area contributed by atoms with Crippen LogP contribution < -0.4 is 14.4 Å². The van der Waals surface area contributed by atoms with Crippen LogP contribution in [0.3, 0.4) is 0 Å². The number of rotatable bonds is 9. The Labute approximate surface area is 240 Å². The largest absolute Gasteiger partial charge is 0.493 e. The maximum atomic E-state index is 13.3. The van der Waals surface area contributed by atoms with E-state index in [1.165, 1.54) is 0 Å². The van der Waals surface area contributed by atoms with E-state index < -0.39 is 0 Å². The first-order valence-electron chi connectivity index (χ1n) is 13.4. The van der Waals surface area contributed by atoms with Crippen LogP contribution in [-0.2, 0) is 4.79 Å². The van der Waals surface area contributed by atoms with Crippen molar-refractivity contribution in [3.63, 3.8) is 0 Å². The number of nitrogens with zero attached hydrogens (tertiary/aromatic N) is 5. The summed E-state index contributed by atoms with van der Waals surface area (Å²) in [5.74, 6) is 2.05. The van der Waals surface area contributed by atoms with E-state index in [2.05, 4.69) is 15.1 Å². The summed E-state index contributed by atoms with van der Waals surface area (Å²) >= 11 is 5.99. The molecule has 4 rings (SSSR count). The minimum Gasteiger partial charge on any atom is -0.493 e. The molecule has 3 aromatic rings. The van der Waals surface area contributed by atoms with Gasteiger partial charge in [-0.2, -0.15) is 0 Å². The van der Waals surface area contributed by atoms with Crippen molar-refractivity contribution >= 4 is 29.2 Å². The fraction of sp³-hybridized carbons (Fsp3) is 0.400. The van der Waals surface area contributed by atoms with Gasteiger partial charge in [0, 0.05) is 48.9 Å². The highest BCUT2D eigenvalue weighted by Gasteiger charge is 2.25. The van der Waals surface area contributed by atoms with Gasteiger partial charge in [-0.15, -0.1) is 10.2 Å². The number of carbonyl (C=O) groups is 2. The van der Waals surface area contributed by atoms with Crippen molar-refractivity contribution in [3.05, 3.63) is 65.2 Å². The van der Waals surface area contributed by atoms with Crippen molar-refractivity contribution in [3.8, 4) is 22.8 Å². The maximum Gasteiger partial charge on any atom is 0.254 e. The summed E-state index contributed by atoms with van der Waals surface area (Å²) in [6, 6.07) is 16.3. The summed E-state index contributed by atoms with van der Waals surface area (Å²) in [5, 5.41) is 9.48. The fourth-order valence-electron chi connectivity index (χ4n) is 4.74. The van der Waals surface area contributed by atoms with Crippen molar-refractivity contribution in [2.75, 3.05) is 58.4 Å². The number of halogens is 1. The normalized spacial score (nSPS) is 13.7. The van der Waals surface area contributed by atoms with Gasteiger partial charge in [-0.05, 0) is 66.9 Å². The molecule has 2 aromatic carbocycles. The number of benzene rings is 2. The van der Waals surface area contributed by atoms with Crippen molar-refractivity contribution in [2.24, 2.45) is 5.92 Å². The lowest BCUT2D eigenvalue weighted by molar-refractivity contribution is -0.131. The molecular weight excluding hydrogens is 530 g/mol. The Morgan fingerprint density at radius 1 is 0.925 bits per heavy atom. The molecule has 9 nitrogen and oxygen atoms in total. The lowest BCUT2D eigenvalue weighted by atomic mass is 10.1. The quantitative estimate of drug-likeness (QED) is 0.373. The fourth-order valence-corrected chi connectivity index (χ4v) is 4.86. The lowest BCUT2D eigenvalue weighted by Gasteiger charge is -2.28. The van der Waals surface area contributed by atoms with E-state index in [-0.39, 0.29) is 24.3 Å². The average molecular weight is 566 g/mol. The number of hydrogen-bond acceptors (Lipinski definition) is 7. The Balaban J connectivity index is 1.39. The molecule has 1 fully saturated rings. The highest BCUT2D eigenvalue weighted by atomic mass is 35.5. The van der Waals surface area contributed by atoms with Crippen LogP contribution in [0.5, 0.6) is 11.5 Å². The second-order valence-electron chi connectivity index (χ2n) is 10.2. The number of carbonyl (C=O) groups excluding carboxylic acids is 2. The Morgan fingerprint density at radius 3 is 2.33 bits per heavy atom. The van der Waals surface area contributed by atoms with E-state index in [1.807, 2.05) is 49.1 Å². The van der Waals surface area contributed by atoms with Crippen LogP contribution in [0.15, 0.2) is 54.6 Å². The molecule has 0 unspecified atom stereocenters. The summed E-state index contributed by atoms with van der Waals surface area (Å²) < 4.78 is 10.7. The molecule has 1 aliphatic rings. The minimum absolute atomic E-state index is 0.0411. The van der Waals surface area contributed by atoms with E-state index >= 15 is 0 Å². The van der Waals surface area contributed by atoms with Crippen molar-refractivity contribution in [1.82, 2.24) is 20.0 Å². The topological polar surface area (TPSA) is 88.1 Å². The Kier molecular flexibility index (Phi) is 9.82. The second kappa shape index (κ2) is 13.5. The molecule has 0 bridgehead atoms. The summed E-state index contributed by atoms with van der Waals surface area (Å²) in [4.78, 5) is 32.1. The Hall–Kier alpha value is -3.85. The van der Waals surface area contributed by atoms with Crippen LogP contribution in [0, 0.1) is 5.92 Å². The summed E-state index contributed by atoms with van der Waals surface area (Å²) in [5.41, 5.74) is 2.13. The second-order valence-corrected chi connectivity index (χ2v) is 10.6. The van der Waals surface area contributed by atoms with E-state index in [0.717, 1.165) is 30.0 Å². The number of anilines is 1. The molecule has 0 N–H and O–H groups in total. The van der Waals surface area contributed by atoms with Crippen molar-refractivity contribution < 1.29 is 19.1 Å². The molecule has 212 valence electrons. The SMILES string of the molecule is COc1ccc(-c2ccc(N3CCCN(C(=O)CN(CC(C)C)C(=O)c4ccc(Cl)cc4)CC3)nn2)cc1OC. The van der Waals surface area contributed by atoms with Gasteiger partial charge in [0.15, 0.2) is 17.3 Å². The first-order valence-corrected chi connectivity index (χ1v) is 13.8. The number of hydrogen-bond donors (Lipinski definition) is 0. The first kappa shape index (κ1) is 29.1. The molecular formula is C30H36ClN5O4. The van der Waals surface area contributed by atoms with Gasteiger partial charge >= 0.3 is 0 Å². The highest BCUT2D eigenvalue weighted by Crippen LogP contribution is 2.31. The van der Waals surface area contributed by atoms with E-state index in [1.54, 1.807) is 43.4 Å². The van der Waals surface area contributed by atoms with Crippen LogP contribution in [0.1, 0.15) is 30.6 Å². The molecule has 10 heteroatoms.